The summed E-state index contributed by atoms with van der Waals surface area (Å²) in [6.45, 7) is 6.85. The molecule has 0 saturated heterocycles. The van der Waals surface area contributed by atoms with Crippen LogP contribution in [0.2, 0.25) is 0 Å². The van der Waals surface area contributed by atoms with Crippen LogP contribution in [0.5, 0.6) is 0 Å². The Morgan fingerprint density at radius 2 is 2.24 bits per heavy atom. The summed E-state index contributed by atoms with van der Waals surface area (Å²) in [6.07, 6.45) is 1.88. The first-order chi connectivity index (χ1) is 10.1. The maximum Gasteiger partial charge on any atom is 0.240 e. The maximum atomic E-state index is 6.08. The van der Waals surface area contributed by atoms with Crippen molar-refractivity contribution >= 4 is 5.69 Å². The zero-order valence-electron chi connectivity index (χ0n) is 12.7. The van der Waals surface area contributed by atoms with Gasteiger partial charge in [-0.1, -0.05) is 31.1 Å². The number of benzene rings is 1. The molecule has 1 aliphatic heterocycles. The van der Waals surface area contributed by atoms with Gasteiger partial charge in [0.1, 0.15) is 0 Å². The average Bonchev–Trinajstić information content (AvgIpc) is 2.86. The Morgan fingerprint density at radius 1 is 1.38 bits per heavy atom. The SMILES string of the molecule is CC(C)Cc1noc(CN2CCc3cccc(N)c3C2)n1. The molecule has 1 aromatic heterocycles. The van der Waals surface area contributed by atoms with Crippen LogP contribution in [-0.4, -0.2) is 21.6 Å². The van der Waals surface area contributed by atoms with Crippen molar-refractivity contribution in [3.63, 3.8) is 0 Å². The Kier molecular flexibility index (Phi) is 3.92. The largest absolute Gasteiger partial charge is 0.398 e. The van der Waals surface area contributed by atoms with Gasteiger partial charge in [0.25, 0.3) is 0 Å². The number of fused-ring (bicyclic) bond motifs is 1. The minimum absolute atomic E-state index is 0.539. The monoisotopic (exact) mass is 286 g/mol. The summed E-state index contributed by atoms with van der Waals surface area (Å²) >= 11 is 0. The van der Waals surface area contributed by atoms with Crippen LogP contribution in [0.1, 0.15) is 36.7 Å². The van der Waals surface area contributed by atoms with E-state index in [9.17, 15) is 0 Å². The van der Waals surface area contributed by atoms with E-state index >= 15 is 0 Å². The molecule has 0 unspecified atom stereocenters. The fourth-order valence-electron chi connectivity index (χ4n) is 2.79. The lowest BCUT2D eigenvalue weighted by atomic mass is 9.98. The van der Waals surface area contributed by atoms with Gasteiger partial charge in [-0.2, -0.15) is 4.98 Å². The second-order valence-corrected chi connectivity index (χ2v) is 6.15. The molecule has 2 N–H and O–H groups in total. The Labute approximate surface area is 125 Å². The van der Waals surface area contributed by atoms with Crippen molar-refractivity contribution in [1.29, 1.82) is 0 Å². The number of nitrogens with two attached hydrogens (primary N) is 1. The lowest BCUT2D eigenvalue weighted by Crippen LogP contribution is -2.30. The molecule has 0 fully saturated rings. The lowest BCUT2D eigenvalue weighted by Gasteiger charge is -2.28. The van der Waals surface area contributed by atoms with Crippen molar-refractivity contribution in [3.05, 3.63) is 41.0 Å². The van der Waals surface area contributed by atoms with Crippen molar-refractivity contribution in [2.24, 2.45) is 5.92 Å². The first-order valence-corrected chi connectivity index (χ1v) is 7.52. The molecule has 0 amide bonds. The molecule has 0 atom stereocenters. The van der Waals surface area contributed by atoms with Crippen molar-refractivity contribution in [3.8, 4) is 0 Å². The van der Waals surface area contributed by atoms with Gasteiger partial charge < -0.3 is 10.3 Å². The van der Waals surface area contributed by atoms with Crippen LogP contribution < -0.4 is 5.73 Å². The smallest absolute Gasteiger partial charge is 0.240 e. The molecule has 0 spiro atoms. The van der Waals surface area contributed by atoms with Crippen molar-refractivity contribution in [2.75, 3.05) is 12.3 Å². The van der Waals surface area contributed by atoms with E-state index in [0.29, 0.717) is 18.4 Å². The number of rotatable bonds is 4. The highest BCUT2D eigenvalue weighted by atomic mass is 16.5. The summed E-state index contributed by atoms with van der Waals surface area (Å²) in [4.78, 5) is 6.78. The van der Waals surface area contributed by atoms with Crippen LogP contribution in [0.15, 0.2) is 22.7 Å². The van der Waals surface area contributed by atoms with Crippen LogP contribution in [-0.2, 0) is 25.9 Å². The first-order valence-electron chi connectivity index (χ1n) is 7.52. The molecule has 1 aromatic carbocycles. The molecule has 21 heavy (non-hydrogen) atoms. The number of anilines is 1. The Morgan fingerprint density at radius 3 is 3.05 bits per heavy atom. The van der Waals surface area contributed by atoms with Gasteiger partial charge in [-0.05, 0) is 29.5 Å². The molecule has 5 nitrogen and oxygen atoms in total. The quantitative estimate of drug-likeness (QED) is 0.874. The molecule has 2 heterocycles. The van der Waals surface area contributed by atoms with E-state index in [1.54, 1.807) is 0 Å². The zero-order valence-corrected chi connectivity index (χ0v) is 12.7. The predicted octanol–water partition coefficient (Wildman–Crippen LogP) is 2.41. The molecule has 112 valence electrons. The molecule has 5 heteroatoms. The fraction of sp³-hybridized carbons (Fsp3) is 0.500. The minimum atomic E-state index is 0.539. The molecule has 0 bridgehead atoms. The summed E-state index contributed by atoms with van der Waals surface area (Å²) in [5.41, 5.74) is 9.56. The molecule has 0 aliphatic carbocycles. The number of hydrogen-bond donors (Lipinski definition) is 1. The summed E-state index contributed by atoms with van der Waals surface area (Å²) in [6, 6.07) is 6.16. The van der Waals surface area contributed by atoms with Gasteiger partial charge in [-0.25, -0.2) is 0 Å². The van der Waals surface area contributed by atoms with E-state index in [1.807, 2.05) is 12.1 Å². The maximum absolute atomic E-state index is 6.08. The molecular formula is C16H22N4O. The van der Waals surface area contributed by atoms with Gasteiger partial charge in [0, 0.05) is 25.2 Å². The van der Waals surface area contributed by atoms with E-state index < -0.39 is 0 Å². The topological polar surface area (TPSA) is 68.2 Å². The van der Waals surface area contributed by atoms with E-state index in [1.165, 1.54) is 11.1 Å². The highest BCUT2D eigenvalue weighted by Crippen LogP contribution is 2.25. The second-order valence-electron chi connectivity index (χ2n) is 6.15. The lowest BCUT2D eigenvalue weighted by molar-refractivity contribution is 0.211. The van der Waals surface area contributed by atoms with Crippen LogP contribution in [0, 0.1) is 5.92 Å². The third-order valence-corrected chi connectivity index (χ3v) is 3.85. The van der Waals surface area contributed by atoms with Gasteiger partial charge in [0.05, 0.1) is 6.54 Å². The van der Waals surface area contributed by atoms with E-state index in [0.717, 1.165) is 37.4 Å². The number of nitrogen functional groups attached to an aromatic ring is 1. The molecular weight excluding hydrogens is 264 g/mol. The Bertz CT molecular complexity index is 620. The van der Waals surface area contributed by atoms with Crippen molar-refractivity contribution in [2.45, 2.75) is 39.8 Å². The number of aromatic nitrogens is 2. The van der Waals surface area contributed by atoms with Gasteiger partial charge in [0.2, 0.25) is 5.89 Å². The fourth-order valence-corrected chi connectivity index (χ4v) is 2.79. The number of hydrogen-bond acceptors (Lipinski definition) is 5. The second kappa shape index (κ2) is 5.85. The van der Waals surface area contributed by atoms with E-state index in [2.05, 4.69) is 35.0 Å². The zero-order chi connectivity index (χ0) is 14.8. The van der Waals surface area contributed by atoms with Crippen molar-refractivity contribution in [1.82, 2.24) is 15.0 Å². The molecule has 0 radical (unpaired) electrons. The number of nitrogens with zero attached hydrogens (tertiary/aromatic N) is 3. The standard InChI is InChI=1S/C16H22N4O/c1-11(2)8-15-18-16(21-19-15)10-20-7-6-12-4-3-5-14(17)13(12)9-20/h3-5,11H,6-10,17H2,1-2H3. The third-order valence-electron chi connectivity index (χ3n) is 3.85. The third kappa shape index (κ3) is 3.24. The normalized spacial score (nSPS) is 15.4. The summed E-state index contributed by atoms with van der Waals surface area (Å²) in [7, 11) is 0. The van der Waals surface area contributed by atoms with E-state index in [-0.39, 0.29) is 0 Å². The van der Waals surface area contributed by atoms with Crippen molar-refractivity contribution < 1.29 is 4.52 Å². The molecule has 2 aromatic rings. The molecule has 1 aliphatic rings. The summed E-state index contributed by atoms with van der Waals surface area (Å²) < 4.78 is 5.35. The molecule has 0 saturated carbocycles. The highest BCUT2D eigenvalue weighted by Gasteiger charge is 2.20. The minimum Gasteiger partial charge on any atom is -0.398 e. The van der Waals surface area contributed by atoms with Crippen LogP contribution >= 0.6 is 0 Å². The summed E-state index contributed by atoms with van der Waals surface area (Å²) in [5.74, 6) is 2.04. The van der Waals surface area contributed by atoms with Crippen LogP contribution in [0.25, 0.3) is 0 Å². The Hall–Kier alpha value is -1.88. The van der Waals surface area contributed by atoms with Gasteiger partial charge >= 0.3 is 0 Å². The van der Waals surface area contributed by atoms with E-state index in [4.69, 9.17) is 10.3 Å². The van der Waals surface area contributed by atoms with Gasteiger partial charge in [-0.15, -0.1) is 0 Å². The molecule has 3 rings (SSSR count). The van der Waals surface area contributed by atoms with Crippen LogP contribution in [0.3, 0.4) is 0 Å². The Balaban J connectivity index is 1.67. The summed E-state index contributed by atoms with van der Waals surface area (Å²) in [5, 5.41) is 4.05. The average molecular weight is 286 g/mol. The van der Waals surface area contributed by atoms with Crippen LogP contribution in [0.4, 0.5) is 5.69 Å². The van der Waals surface area contributed by atoms with Gasteiger partial charge in [-0.3, -0.25) is 4.90 Å². The predicted molar refractivity (Wildman–Crippen MR) is 81.5 cm³/mol. The van der Waals surface area contributed by atoms with Gasteiger partial charge in [0.15, 0.2) is 5.82 Å². The highest BCUT2D eigenvalue weighted by molar-refractivity contribution is 5.51. The first kappa shape index (κ1) is 14.1.